The fourth-order valence-corrected chi connectivity index (χ4v) is 9.21. The molecule has 1 aliphatic carbocycles. The fraction of sp³-hybridized carbons (Fsp3) is 0.0526. The Balaban J connectivity index is 0.993. The zero-order valence-electron chi connectivity index (χ0n) is 35.1. The molecule has 0 saturated carbocycles. The summed E-state index contributed by atoms with van der Waals surface area (Å²) in [7, 11) is 0. The first kappa shape index (κ1) is 37.4. The molecule has 0 N–H and O–H groups in total. The molecule has 0 unspecified atom stereocenters. The molecule has 0 spiro atoms. The zero-order valence-corrected chi connectivity index (χ0v) is 35.1. The van der Waals surface area contributed by atoms with Crippen LogP contribution in [0.2, 0.25) is 0 Å². The molecule has 3 aromatic heterocycles. The molecule has 3 heterocycles. The Labute approximate surface area is 369 Å². The molecule has 0 amide bonds. The first-order valence-electron chi connectivity index (χ1n) is 21.4. The number of nitrogens with zero attached hydrogens (tertiary/aromatic N) is 6. The standard InChI is InChI=1S/C57H38N6O/c1-57(2)45-27-15-25-41(49(45)42-31-29-40(34-46(42)57)55-60-51(35-17-7-3-8-18-35)58-52(61-55)36-19-9-4-10-20-36)39-30-32-47-44(33-39)50-43(26-16-28-48(50)64-47)56-62-53(37-21-11-5-12-22-37)59-54(63-56)38-23-13-6-14-24-38/h3-34H,1-2H3. The van der Waals surface area contributed by atoms with Crippen molar-refractivity contribution in [2.45, 2.75) is 19.3 Å². The molecule has 7 nitrogen and oxygen atoms in total. The quantitative estimate of drug-likeness (QED) is 0.158. The second-order valence-corrected chi connectivity index (χ2v) is 16.7. The summed E-state index contributed by atoms with van der Waals surface area (Å²) in [4.78, 5) is 30.2. The van der Waals surface area contributed by atoms with Crippen LogP contribution >= 0.6 is 0 Å². The van der Waals surface area contributed by atoms with E-state index in [1.807, 2.05) is 133 Å². The third kappa shape index (κ3) is 6.28. The SMILES string of the molecule is CC1(C)c2cc(-c3nc(-c4ccccc4)nc(-c4ccccc4)n3)ccc2-c2c(-c3ccc4oc5cccc(-c6nc(-c7ccccc7)nc(-c7ccccc7)n6)c5c4c3)cccc21. The van der Waals surface area contributed by atoms with Crippen LogP contribution in [-0.4, -0.2) is 29.9 Å². The average Bonchev–Trinajstić information content (AvgIpc) is 3.85. The van der Waals surface area contributed by atoms with Gasteiger partial charge in [-0.15, -0.1) is 0 Å². The van der Waals surface area contributed by atoms with E-state index >= 15 is 0 Å². The summed E-state index contributed by atoms with van der Waals surface area (Å²) in [5.74, 6) is 3.74. The summed E-state index contributed by atoms with van der Waals surface area (Å²) in [5, 5.41) is 1.96. The minimum Gasteiger partial charge on any atom is -0.456 e. The molecule has 0 aliphatic heterocycles. The van der Waals surface area contributed by atoms with E-state index in [1.165, 1.54) is 22.3 Å². The van der Waals surface area contributed by atoms with Crippen molar-refractivity contribution in [2.75, 3.05) is 0 Å². The van der Waals surface area contributed by atoms with Crippen LogP contribution in [0.1, 0.15) is 25.0 Å². The second kappa shape index (κ2) is 14.9. The Morgan fingerprint density at radius 3 is 1.34 bits per heavy atom. The number of hydrogen-bond donors (Lipinski definition) is 0. The first-order valence-corrected chi connectivity index (χ1v) is 21.4. The topological polar surface area (TPSA) is 90.5 Å². The molecule has 64 heavy (non-hydrogen) atoms. The van der Waals surface area contributed by atoms with Gasteiger partial charge in [-0.3, -0.25) is 0 Å². The Hall–Kier alpha value is -8.42. The third-order valence-corrected chi connectivity index (χ3v) is 12.4. The van der Waals surface area contributed by atoms with Crippen molar-refractivity contribution in [2.24, 2.45) is 0 Å². The summed E-state index contributed by atoms with van der Waals surface area (Å²) in [6.07, 6.45) is 0. The third-order valence-electron chi connectivity index (χ3n) is 12.4. The lowest BCUT2D eigenvalue weighted by atomic mass is 9.81. The minimum absolute atomic E-state index is 0.292. The van der Waals surface area contributed by atoms with Crippen molar-refractivity contribution in [1.29, 1.82) is 0 Å². The van der Waals surface area contributed by atoms with Crippen molar-refractivity contribution < 1.29 is 4.42 Å². The van der Waals surface area contributed by atoms with E-state index in [4.69, 9.17) is 34.3 Å². The molecular weight excluding hydrogens is 785 g/mol. The molecule has 302 valence electrons. The van der Waals surface area contributed by atoms with Gasteiger partial charge in [-0.2, -0.15) is 0 Å². The highest BCUT2D eigenvalue weighted by Crippen LogP contribution is 2.53. The van der Waals surface area contributed by atoms with Crippen LogP contribution < -0.4 is 0 Å². The lowest BCUT2D eigenvalue weighted by Gasteiger charge is -2.22. The summed E-state index contributed by atoms with van der Waals surface area (Å²) < 4.78 is 6.56. The van der Waals surface area contributed by atoms with Crippen LogP contribution in [0.4, 0.5) is 0 Å². The van der Waals surface area contributed by atoms with Crippen molar-refractivity contribution >= 4 is 21.9 Å². The maximum atomic E-state index is 6.56. The van der Waals surface area contributed by atoms with E-state index in [0.717, 1.165) is 66.4 Å². The molecule has 8 aromatic carbocycles. The number of hydrogen-bond acceptors (Lipinski definition) is 7. The molecule has 0 saturated heterocycles. The summed E-state index contributed by atoms with van der Waals surface area (Å²) in [6, 6.07) is 66.3. The van der Waals surface area contributed by atoms with Crippen LogP contribution in [0.25, 0.3) is 113 Å². The van der Waals surface area contributed by atoms with E-state index in [-0.39, 0.29) is 5.41 Å². The Morgan fingerprint density at radius 2 is 0.797 bits per heavy atom. The van der Waals surface area contributed by atoms with Gasteiger partial charge in [-0.1, -0.05) is 184 Å². The van der Waals surface area contributed by atoms with Gasteiger partial charge >= 0.3 is 0 Å². The maximum Gasteiger partial charge on any atom is 0.164 e. The Morgan fingerprint density at radius 1 is 0.328 bits per heavy atom. The second-order valence-electron chi connectivity index (χ2n) is 16.7. The number of aromatic nitrogens is 6. The van der Waals surface area contributed by atoms with Crippen molar-refractivity contribution in [3.63, 3.8) is 0 Å². The van der Waals surface area contributed by atoms with E-state index in [2.05, 4.69) is 74.5 Å². The molecule has 12 rings (SSSR count). The largest absolute Gasteiger partial charge is 0.456 e. The predicted molar refractivity (Wildman–Crippen MR) is 256 cm³/mol. The van der Waals surface area contributed by atoms with E-state index in [0.29, 0.717) is 34.9 Å². The number of fused-ring (bicyclic) bond motifs is 6. The van der Waals surface area contributed by atoms with Gasteiger partial charge in [0.1, 0.15) is 11.2 Å². The van der Waals surface area contributed by atoms with Crippen molar-refractivity contribution in [3.8, 4) is 90.6 Å². The predicted octanol–water partition coefficient (Wildman–Crippen LogP) is 13.9. The van der Waals surface area contributed by atoms with Gasteiger partial charge in [-0.25, -0.2) is 29.9 Å². The average molecular weight is 823 g/mol. The maximum absolute atomic E-state index is 6.56. The van der Waals surface area contributed by atoms with Crippen LogP contribution in [0.3, 0.4) is 0 Å². The van der Waals surface area contributed by atoms with Crippen LogP contribution in [0.5, 0.6) is 0 Å². The van der Waals surface area contributed by atoms with Crippen molar-refractivity contribution in [3.05, 3.63) is 205 Å². The van der Waals surface area contributed by atoms with Gasteiger partial charge in [0.15, 0.2) is 34.9 Å². The van der Waals surface area contributed by atoms with Gasteiger partial charge in [0.25, 0.3) is 0 Å². The van der Waals surface area contributed by atoms with Crippen LogP contribution in [-0.2, 0) is 5.41 Å². The van der Waals surface area contributed by atoms with E-state index in [1.54, 1.807) is 0 Å². The number of furan rings is 1. The fourth-order valence-electron chi connectivity index (χ4n) is 9.21. The summed E-state index contributed by atoms with van der Waals surface area (Å²) in [6.45, 7) is 4.62. The lowest BCUT2D eigenvalue weighted by molar-refractivity contribution is 0.660. The molecule has 0 bridgehead atoms. The monoisotopic (exact) mass is 822 g/mol. The van der Waals surface area contributed by atoms with Gasteiger partial charge in [0, 0.05) is 49.6 Å². The Bertz CT molecular complexity index is 3450. The lowest BCUT2D eigenvalue weighted by Crippen LogP contribution is -2.15. The van der Waals surface area contributed by atoms with Gasteiger partial charge in [0.05, 0.1) is 0 Å². The zero-order chi connectivity index (χ0) is 42.8. The minimum atomic E-state index is -0.292. The van der Waals surface area contributed by atoms with Crippen molar-refractivity contribution in [1.82, 2.24) is 29.9 Å². The highest BCUT2D eigenvalue weighted by molar-refractivity contribution is 6.13. The molecule has 11 aromatic rings. The Kier molecular flexibility index (Phi) is 8.69. The van der Waals surface area contributed by atoms with E-state index < -0.39 is 0 Å². The normalized spacial score (nSPS) is 12.7. The number of benzene rings is 8. The summed E-state index contributed by atoms with van der Waals surface area (Å²) >= 11 is 0. The smallest absolute Gasteiger partial charge is 0.164 e. The molecule has 0 atom stereocenters. The number of rotatable bonds is 7. The van der Waals surface area contributed by atoms with Gasteiger partial charge in [0.2, 0.25) is 0 Å². The van der Waals surface area contributed by atoms with Crippen LogP contribution in [0, 0.1) is 0 Å². The molecule has 0 radical (unpaired) electrons. The molecule has 0 fully saturated rings. The molecular formula is C57H38N6O. The van der Waals surface area contributed by atoms with Crippen LogP contribution in [0.15, 0.2) is 199 Å². The molecule has 1 aliphatic rings. The highest BCUT2D eigenvalue weighted by Gasteiger charge is 2.37. The first-order chi connectivity index (χ1) is 31.5. The summed E-state index contributed by atoms with van der Waals surface area (Å²) in [5.41, 5.74) is 14.0. The molecule has 7 heteroatoms. The van der Waals surface area contributed by atoms with Gasteiger partial charge < -0.3 is 4.42 Å². The van der Waals surface area contributed by atoms with E-state index in [9.17, 15) is 0 Å². The highest BCUT2D eigenvalue weighted by atomic mass is 16.3. The van der Waals surface area contributed by atoms with Gasteiger partial charge in [-0.05, 0) is 57.6 Å².